The molecule has 1 N–H and O–H groups in total. The molecule has 1 rings (SSSR count). The van der Waals surface area contributed by atoms with E-state index in [0.717, 1.165) is 18.8 Å². The minimum atomic E-state index is -0.419. The topological polar surface area (TPSA) is 20.2 Å². The molecule has 1 aliphatic rings. The van der Waals surface area contributed by atoms with Crippen molar-refractivity contribution in [2.45, 2.75) is 65.4 Å². The highest BCUT2D eigenvalue weighted by molar-refractivity contribution is 4.98. The van der Waals surface area contributed by atoms with Crippen molar-refractivity contribution in [3.63, 3.8) is 0 Å². The molecule has 0 heterocycles. The van der Waals surface area contributed by atoms with E-state index >= 15 is 0 Å². The molecule has 1 fully saturated rings. The van der Waals surface area contributed by atoms with Crippen molar-refractivity contribution >= 4 is 0 Å². The first-order chi connectivity index (χ1) is 5.93. The van der Waals surface area contributed by atoms with Crippen LogP contribution in [-0.4, -0.2) is 10.7 Å². The molecule has 0 radical (unpaired) electrons. The molecule has 0 aromatic carbocycles. The van der Waals surface area contributed by atoms with E-state index in [1.807, 2.05) is 6.92 Å². The van der Waals surface area contributed by atoms with Gasteiger partial charge in [0.15, 0.2) is 0 Å². The van der Waals surface area contributed by atoms with Crippen LogP contribution in [0.25, 0.3) is 0 Å². The van der Waals surface area contributed by atoms with E-state index in [9.17, 15) is 5.11 Å². The van der Waals surface area contributed by atoms with Gasteiger partial charge in [0.25, 0.3) is 0 Å². The third-order valence-corrected chi connectivity index (χ3v) is 4.14. The van der Waals surface area contributed by atoms with Gasteiger partial charge in [0.05, 0.1) is 5.60 Å². The average Bonchev–Trinajstić information content (AvgIpc) is 2.75. The van der Waals surface area contributed by atoms with Crippen LogP contribution in [0, 0.1) is 11.3 Å². The van der Waals surface area contributed by atoms with Crippen LogP contribution in [0.4, 0.5) is 0 Å². The molecule has 1 saturated carbocycles. The SMILES string of the molecule is CCC(C)(O)CCC1CC1(C)CC. The van der Waals surface area contributed by atoms with Crippen molar-refractivity contribution in [2.24, 2.45) is 11.3 Å². The highest BCUT2D eigenvalue weighted by Gasteiger charge is 2.47. The summed E-state index contributed by atoms with van der Waals surface area (Å²) in [6.07, 6.45) is 5.74. The second kappa shape index (κ2) is 3.61. The number of rotatable bonds is 5. The lowest BCUT2D eigenvalue weighted by Gasteiger charge is -2.21. The lowest BCUT2D eigenvalue weighted by Crippen LogP contribution is -2.22. The summed E-state index contributed by atoms with van der Waals surface area (Å²) >= 11 is 0. The Labute approximate surface area is 82.5 Å². The van der Waals surface area contributed by atoms with E-state index in [0.29, 0.717) is 5.41 Å². The fourth-order valence-electron chi connectivity index (χ4n) is 2.05. The zero-order valence-electron chi connectivity index (χ0n) is 9.56. The molecule has 1 heteroatoms. The Morgan fingerprint density at radius 1 is 1.46 bits per heavy atom. The predicted octanol–water partition coefficient (Wildman–Crippen LogP) is 3.36. The molecule has 3 unspecified atom stereocenters. The first kappa shape index (κ1) is 11.0. The second-order valence-electron chi connectivity index (χ2n) is 5.30. The van der Waals surface area contributed by atoms with Gasteiger partial charge in [-0.1, -0.05) is 27.2 Å². The molecule has 0 amide bonds. The van der Waals surface area contributed by atoms with Gasteiger partial charge >= 0.3 is 0 Å². The van der Waals surface area contributed by atoms with Crippen LogP contribution in [0.1, 0.15) is 59.8 Å². The first-order valence-corrected chi connectivity index (χ1v) is 5.66. The molecule has 3 atom stereocenters. The lowest BCUT2D eigenvalue weighted by molar-refractivity contribution is 0.0423. The summed E-state index contributed by atoms with van der Waals surface area (Å²) < 4.78 is 0. The fraction of sp³-hybridized carbons (Fsp3) is 1.00. The first-order valence-electron chi connectivity index (χ1n) is 5.66. The van der Waals surface area contributed by atoms with Crippen molar-refractivity contribution in [1.29, 1.82) is 0 Å². The Morgan fingerprint density at radius 3 is 2.46 bits per heavy atom. The molecule has 0 aromatic heterocycles. The summed E-state index contributed by atoms with van der Waals surface area (Å²) in [5.74, 6) is 0.885. The van der Waals surface area contributed by atoms with Crippen molar-refractivity contribution in [3.8, 4) is 0 Å². The minimum absolute atomic E-state index is 0.419. The van der Waals surface area contributed by atoms with E-state index in [1.165, 1.54) is 19.3 Å². The van der Waals surface area contributed by atoms with Crippen LogP contribution in [0.2, 0.25) is 0 Å². The molecule has 0 aliphatic heterocycles. The second-order valence-corrected chi connectivity index (χ2v) is 5.30. The van der Waals surface area contributed by atoms with Crippen molar-refractivity contribution in [3.05, 3.63) is 0 Å². The normalized spacial score (nSPS) is 37.2. The lowest BCUT2D eigenvalue weighted by atomic mass is 9.93. The summed E-state index contributed by atoms with van der Waals surface area (Å²) in [7, 11) is 0. The van der Waals surface area contributed by atoms with Gasteiger partial charge in [-0.2, -0.15) is 0 Å². The summed E-state index contributed by atoms with van der Waals surface area (Å²) in [6, 6.07) is 0. The van der Waals surface area contributed by atoms with Gasteiger partial charge < -0.3 is 5.11 Å². The smallest absolute Gasteiger partial charge is 0.0617 e. The van der Waals surface area contributed by atoms with Gasteiger partial charge in [0, 0.05) is 0 Å². The van der Waals surface area contributed by atoms with Gasteiger partial charge in [-0.25, -0.2) is 0 Å². The molecule has 0 aromatic rings. The van der Waals surface area contributed by atoms with E-state index < -0.39 is 5.60 Å². The summed E-state index contributed by atoms with van der Waals surface area (Å²) in [5, 5.41) is 9.84. The van der Waals surface area contributed by atoms with Crippen LogP contribution in [-0.2, 0) is 0 Å². The Balaban J connectivity index is 2.23. The van der Waals surface area contributed by atoms with Crippen LogP contribution in [0.15, 0.2) is 0 Å². The third kappa shape index (κ3) is 2.70. The maximum atomic E-state index is 9.84. The van der Waals surface area contributed by atoms with Crippen molar-refractivity contribution < 1.29 is 5.11 Å². The van der Waals surface area contributed by atoms with Crippen LogP contribution in [0.3, 0.4) is 0 Å². The maximum absolute atomic E-state index is 9.84. The van der Waals surface area contributed by atoms with Crippen LogP contribution >= 0.6 is 0 Å². The monoisotopic (exact) mass is 184 g/mol. The average molecular weight is 184 g/mol. The molecule has 1 aliphatic carbocycles. The quantitative estimate of drug-likeness (QED) is 0.694. The van der Waals surface area contributed by atoms with Gasteiger partial charge in [-0.15, -0.1) is 0 Å². The highest BCUT2D eigenvalue weighted by Crippen LogP contribution is 2.57. The number of aliphatic hydroxyl groups is 1. The van der Waals surface area contributed by atoms with E-state index in [2.05, 4.69) is 20.8 Å². The zero-order valence-corrected chi connectivity index (χ0v) is 9.56. The van der Waals surface area contributed by atoms with Gasteiger partial charge in [-0.3, -0.25) is 0 Å². The summed E-state index contributed by atoms with van der Waals surface area (Å²) in [5.41, 5.74) is 0.195. The largest absolute Gasteiger partial charge is 0.390 e. The van der Waals surface area contributed by atoms with Gasteiger partial charge in [-0.05, 0) is 43.9 Å². The Kier molecular flexibility index (Phi) is 3.06. The molecule has 0 saturated heterocycles. The van der Waals surface area contributed by atoms with Crippen molar-refractivity contribution in [2.75, 3.05) is 0 Å². The molecule has 13 heavy (non-hydrogen) atoms. The zero-order chi connectivity index (χ0) is 10.1. The molecule has 78 valence electrons. The Morgan fingerprint density at radius 2 is 2.08 bits per heavy atom. The van der Waals surface area contributed by atoms with E-state index in [4.69, 9.17) is 0 Å². The fourth-order valence-corrected chi connectivity index (χ4v) is 2.05. The Bertz CT molecular complexity index is 174. The third-order valence-electron chi connectivity index (χ3n) is 4.14. The predicted molar refractivity (Wildman–Crippen MR) is 56.7 cm³/mol. The molecular weight excluding hydrogens is 160 g/mol. The molecule has 0 bridgehead atoms. The molecule has 0 spiro atoms. The molecule has 1 nitrogen and oxygen atoms in total. The van der Waals surface area contributed by atoms with Gasteiger partial charge in [0.2, 0.25) is 0 Å². The van der Waals surface area contributed by atoms with E-state index in [-0.39, 0.29) is 0 Å². The Hall–Kier alpha value is -0.0400. The van der Waals surface area contributed by atoms with Gasteiger partial charge in [0.1, 0.15) is 0 Å². The molecular formula is C12H24O. The van der Waals surface area contributed by atoms with Crippen LogP contribution in [0.5, 0.6) is 0 Å². The summed E-state index contributed by atoms with van der Waals surface area (Å²) in [4.78, 5) is 0. The standard InChI is InChI=1S/C12H24O/c1-5-11(3)9-10(11)7-8-12(4,13)6-2/h10,13H,5-9H2,1-4H3. The van der Waals surface area contributed by atoms with Crippen LogP contribution < -0.4 is 0 Å². The number of hydrogen-bond acceptors (Lipinski definition) is 1. The number of hydrogen-bond donors (Lipinski definition) is 1. The minimum Gasteiger partial charge on any atom is -0.390 e. The summed E-state index contributed by atoms with van der Waals surface area (Å²) in [6.45, 7) is 8.67. The van der Waals surface area contributed by atoms with Crippen molar-refractivity contribution in [1.82, 2.24) is 0 Å². The maximum Gasteiger partial charge on any atom is 0.0617 e. The highest BCUT2D eigenvalue weighted by atomic mass is 16.3. The van der Waals surface area contributed by atoms with E-state index in [1.54, 1.807) is 0 Å².